The Bertz CT molecular complexity index is 864. The van der Waals surface area contributed by atoms with E-state index in [1.165, 1.54) is 25.7 Å². The van der Waals surface area contributed by atoms with E-state index >= 15 is 0 Å². The van der Waals surface area contributed by atoms with Gasteiger partial charge in [-0.1, -0.05) is 12.1 Å². The number of benzene rings is 1. The molecule has 3 fully saturated rings. The molecule has 0 bridgehead atoms. The number of fused-ring (bicyclic) bond motifs is 1. The lowest BCUT2D eigenvalue weighted by atomic mass is 9.76. The zero-order valence-electron chi connectivity index (χ0n) is 17.4. The third kappa shape index (κ3) is 3.59. The van der Waals surface area contributed by atoms with Gasteiger partial charge in [0, 0.05) is 31.1 Å². The van der Waals surface area contributed by atoms with Gasteiger partial charge in [-0.3, -0.25) is 9.69 Å². The van der Waals surface area contributed by atoms with Crippen molar-refractivity contribution in [2.75, 3.05) is 26.7 Å². The molecule has 0 N–H and O–H groups in total. The Balaban J connectivity index is 1.34. The molecule has 0 radical (unpaired) electrons. The molecule has 29 heavy (non-hydrogen) atoms. The molecule has 5 rings (SSSR count). The summed E-state index contributed by atoms with van der Waals surface area (Å²) in [5.74, 6) is 0.205. The Hall–Kier alpha value is -1.85. The van der Waals surface area contributed by atoms with Crippen LogP contribution < -0.4 is 0 Å². The third-order valence-electron chi connectivity index (χ3n) is 7.53. The first-order chi connectivity index (χ1) is 14.2. The van der Waals surface area contributed by atoms with Crippen molar-refractivity contribution in [1.82, 2.24) is 9.80 Å². The zero-order chi connectivity index (χ0) is 19.8. The second kappa shape index (κ2) is 7.77. The molecule has 1 spiro atoms. The van der Waals surface area contributed by atoms with E-state index in [1.54, 1.807) is 6.26 Å². The summed E-state index contributed by atoms with van der Waals surface area (Å²) in [7, 11) is 2.01. The maximum Gasteiger partial charge on any atom is 0.227 e. The van der Waals surface area contributed by atoms with Gasteiger partial charge in [-0.25, -0.2) is 0 Å². The Morgan fingerprint density at radius 2 is 2.07 bits per heavy atom. The van der Waals surface area contributed by atoms with Gasteiger partial charge in [0.2, 0.25) is 5.91 Å². The predicted molar refractivity (Wildman–Crippen MR) is 113 cm³/mol. The normalized spacial score (nSPS) is 30.4. The number of likely N-dealkylation sites (tertiary alicyclic amines) is 1. The fourth-order valence-corrected chi connectivity index (χ4v) is 5.92. The highest BCUT2D eigenvalue weighted by molar-refractivity contribution is 5.87. The Kier molecular flexibility index (Phi) is 5.12. The monoisotopic (exact) mass is 396 g/mol. The van der Waals surface area contributed by atoms with E-state index in [0.717, 1.165) is 55.5 Å². The highest BCUT2D eigenvalue weighted by Crippen LogP contribution is 2.43. The number of hydrogen-bond donors (Lipinski definition) is 0. The lowest BCUT2D eigenvalue weighted by molar-refractivity contribution is -0.136. The molecule has 156 valence electrons. The molecule has 2 saturated heterocycles. The SMILES string of the molecule is CN(C(=O)Cc1cccc2occc12)[C@@H]1CC[C@@]2(CCCO2)C[C@H]1N1CCCC1. The van der Waals surface area contributed by atoms with Gasteiger partial charge in [-0.2, -0.15) is 0 Å². The summed E-state index contributed by atoms with van der Waals surface area (Å²) in [6.07, 6.45) is 10.2. The van der Waals surface area contributed by atoms with Crippen LogP contribution in [-0.2, 0) is 16.0 Å². The quantitative estimate of drug-likeness (QED) is 0.784. The lowest BCUT2D eigenvalue weighted by Gasteiger charge is -2.48. The van der Waals surface area contributed by atoms with Crippen LogP contribution in [0.1, 0.15) is 50.5 Å². The van der Waals surface area contributed by atoms with E-state index in [-0.39, 0.29) is 17.6 Å². The number of furan rings is 1. The van der Waals surface area contributed by atoms with E-state index in [2.05, 4.69) is 4.90 Å². The third-order valence-corrected chi connectivity index (χ3v) is 7.53. The van der Waals surface area contributed by atoms with Crippen LogP contribution in [0.15, 0.2) is 34.9 Å². The summed E-state index contributed by atoms with van der Waals surface area (Å²) in [5, 5.41) is 1.05. The second-order valence-electron chi connectivity index (χ2n) is 9.19. The average Bonchev–Trinajstić information content (AvgIpc) is 3.49. The van der Waals surface area contributed by atoms with E-state index in [0.29, 0.717) is 12.5 Å². The van der Waals surface area contributed by atoms with Crippen LogP contribution in [0.25, 0.3) is 11.0 Å². The smallest absolute Gasteiger partial charge is 0.227 e. The molecule has 1 amide bonds. The van der Waals surface area contributed by atoms with Crippen molar-refractivity contribution in [3.05, 3.63) is 36.1 Å². The minimum atomic E-state index is 0.0655. The van der Waals surface area contributed by atoms with Crippen molar-refractivity contribution in [2.45, 2.75) is 69.1 Å². The summed E-state index contributed by atoms with van der Waals surface area (Å²) in [6.45, 7) is 3.22. The molecule has 1 saturated carbocycles. The lowest BCUT2D eigenvalue weighted by Crippen LogP contribution is -2.58. The molecular formula is C24H32N2O3. The minimum absolute atomic E-state index is 0.0655. The van der Waals surface area contributed by atoms with E-state index in [1.807, 2.05) is 36.2 Å². The van der Waals surface area contributed by atoms with Gasteiger partial charge in [0.05, 0.1) is 18.3 Å². The second-order valence-corrected chi connectivity index (χ2v) is 9.19. The molecular weight excluding hydrogens is 364 g/mol. The highest BCUT2D eigenvalue weighted by Gasteiger charge is 2.47. The van der Waals surface area contributed by atoms with Crippen molar-refractivity contribution >= 4 is 16.9 Å². The number of carbonyl (C=O) groups is 1. The number of rotatable bonds is 4. The minimum Gasteiger partial charge on any atom is -0.464 e. The number of carbonyl (C=O) groups excluding carboxylic acids is 1. The van der Waals surface area contributed by atoms with Gasteiger partial charge in [-0.05, 0) is 75.7 Å². The number of hydrogen-bond acceptors (Lipinski definition) is 4. The largest absolute Gasteiger partial charge is 0.464 e. The molecule has 5 nitrogen and oxygen atoms in total. The topological polar surface area (TPSA) is 45.9 Å². The Morgan fingerprint density at radius 3 is 2.86 bits per heavy atom. The number of likely N-dealkylation sites (N-methyl/N-ethyl adjacent to an activating group) is 1. The zero-order valence-corrected chi connectivity index (χ0v) is 17.4. The van der Waals surface area contributed by atoms with Gasteiger partial charge in [-0.15, -0.1) is 0 Å². The molecule has 1 aromatic heterocycles. The van der Waals surface area contributed by atoms with Crippen molar-refractivity contribution in [3.8, 4) is 0 Å². The van der Waals surface area contributed by atoms with Crippen molar-refractivity contribution in [2.24, 2.45) is 0 Å². The Labute approximate surface area is 173 Å². The number of amides is 1. The summed E-state index contributed by atoms with van der Waals surface area (Å²) in [5.41, 5.74) is 1.97. The van der Waals surface area contributed by atoms with Gasteiger partial charge in [0.1, 0.15) is 5.58 Å². The van der Waals surface area contributed by atoms with Gasteiger partial charge < -0.3 is 14.1 Å². The summed E-state index contributed by atoms with van der Waals surface area (Å²) in [6, 6.07) is 8.64. The maximum absolute atomic E-state index is 13.3. The van der Waals surface area contributed by atoms with Crippen molar-refractivity contribution < 1.29 is 13.9 Å². The average molecular weight is 397 g/mol. The molecule has 2 aliphatic heterocycles. The van der Waals surface area contributed by atoms with Crippen LogP contribution in [-0.4, -0.2) is 60.1 Å². The summed E-state index contributed by atoms with van der Waals surface area (Å²) >= 11 is 0. The summed E-state index contributed by atoms with van der Waals surface area (Å²) in [4.78, 5) is 18.0. The molecule has 1 aliphatic carbocycles. The van der Waals surface area contributed by atoms with Crippen LogP contribution in [0.2, 0.25) is 0 Å². The molecule has 5 heteroatoms. The molecule has 1 aromatic carbocycles. The maximum atomic E-state index is 13.3. The summed E-state index contributed by atoms with van der Waals surface area (Å²) < 4.78 is 11.8. The predicted octanol–water partition coefficient (Wildman–Crippen LogP) is 4.00. The molecule has 3 aliphatic rings. The van der Waals surface area contributed by atoms with E-state index in [9.17, 15) is 4.79 Å². The molecule has 2 aromatic rings. The fraction of sp³-hybridized carbons (Fsp3) is 0.625. The van der Waals surface area contributed by atoms with Gasteiger partial charge in [0.25, 0.3) is 0 Å². The van der Waals surface area contributed by atoms with Gasteiger partial charge >= 0.3 is 0 Å². The molecule has 3 heterocycles. The molecule has 3 atom stereocenters. The van der Waals surface area contributed by atoms with E-state index < -0.39 is 0 Å². The number of nitrogens with zero attached hydrogens (tertiary/aromatic N) is 2. The van der Waals surface area contributed by atoms with Crippen LogP contribution in [0.4, 0.5) is 0 Å². The van der Waals surface area contributed by atoms with E-state index in [4.69, 9.17) is 9.15 Å². The molecule has 0 unspecified atom stereocenters. The van der Waals surface area contributed by atoms with Crippen molar-refractivity contribution in [3.63, 3.8) is 0 Å². The first-order valence-electron chi connectivity index (χ1n) is 11.2. The first-order valence-corrected chi connectivity index (χ1v) is 11.2. The van der Waals surface area contributed by atoms with Crippen LogP contribution in [0, 0.1) is 0 Å². The Morgan fingerprint density at radius 1 is 1.21 bits per heavy atom. The van der Waals surface area contributed by atoms with Gasteiger partial charge in [0.15, 0.2) is 0 Å². The standard InChI is InChI=1S/C24H32N2O3/c1-25(23(27)16-18-6-4-7-22-19(18)9-15-28-22)20-8-11-24(10-5-14-29-24)17-21(20)26-12-2-3-13-26/h4,6-7,9,15,20-21H,2-3,5,8,10-14,16-17H2,1H3/t20-,21-,24+/m1/s1. The number of ether oxygens (including phenoxy) is 1. The van der Waals surface area contributed by atoms with Crippen LogP contribution in [0.3, 0.4) is 0 Å². The highest BCUT2D eigenvalue weighted by atomic mass is 16.5. The van der Waals surface area contributed by atoms with Crippen LogP contribution >= 0.6 is 0 Å². The fourth-order valence-electron chi connectivity index (χ4n) is 5.92. The van der Waals surface area contributed by atoms with Crippen LogP contribution in [0.5, 0.6) is 0 Å². The first kappa shape index (κ1) is 19.1. The van der Waals surface area contributed by atoms with Crippen molar-refractivity contribution in [1.29, 1.82) is 0 Å².